The van der Waals surface area contributed by atoms with E-state index in [4.69, 9.17) is 14.6 Å². The summed E-state index contributed by atoms with van der Waals surface area (Å²) in [7, 11) is 0. The van der Waals surface area contributed by atoms with E-state index in [9.17, 15) is 4.39 Å². The molecule has 0 saturated carbocycles. The van der Waals surface area contributed by atoms with E-state index in [0.29, 0.717) is 12.2 Å². The number of hydrazone groups is 1. The predicted octanol–water partition coefficient (Wildman–Crippen LogP) is 5.47. The first kappa shape index (κ1) is 17.7. The third-order valence-corrected chi connectivity index (χ3v) is 5.35. The lowest BCUT2D eigenvalue weighted by Crippen LogP contribution is -2.34. The summed E-state index contributed by atoms with van der Waals surface area (Å²) >= 11 is 0. The zero-order chi connectivity index (χ0) is 19.8. The highest BCUT2D eigenvalue weighted by molar-refractivity contribution is 6.01. The maximum Gasteiger partial charge on any atom is 0.216 e. The molecular weight excluding hydrogens is 367 g/mol. The van der Waals surface area contributed by atoms with Crippen LogP contribution in [0.3, 0.4) is 0 Å². The van der Waals surface area contributed by atoms with Gasteiger partial charge >= 0.3 is 0 Å². The van der Waals surface area contributed by atoms with E-state index in [0.717, 1.165) is 34.8 Å². The molecule has 0 bridgehead atoms. The molecule has 0 aliphatic carbocycles. The van der Waals surface area contributed by atoms with Gasteiger partial charge in [-0.15, -0.1) is 0 Å². The Labute approximate surface area is 169 Å². The van der Waals surface area contributed by atoms with E-state index < -0.39 is 6.23 Å². The fourth-order valence-electron chi connectivity index (χ4n) is 4.01. The summed E-state index contributed by atoms with van der Waals surface area (Å²) in [6.07, 6.45) is 0.105. The van der Waals surface area contributed by atoms with E-state index in [-0.39, 0.29) is 11.9 Å². The molecule has 2 atom stereocenters. The van der Waals surface area contributed by atoms with Gasteiger partial charge in [-0.05, 0) is 36.8 Å². The van der Waals surface area contributed by atoms with Gasteiger partial charge in [0.15, 0.2) is 0 Å². The molecule has 0 saturated heterocycles. The molecule has 0 radical (unpaired) electrons. The minimum absolute atomic E-state index is 0.0426. The van der Waals surface area contributed by atoms with Gasteiger partial charge in [0.25, 0.3) is 0 Å². The first-order valence-corrected chi connectivity index (χ1v) is 9.83. The van der Waals surface area contributed by atoms with Crippen LogP contribution in [0.5, 0.6) is 11.5 Å². The maximum atomic E-state index is 14.6. The summed E-state index contributed by atoms with van der Waals surface area (Å²) in [6, 6.07) is 22.6. The predicted molar refractivity (Wildman–Crippen MR) is 110 cm³/mol. The van der Waals surface area contributed by atoms with Gasteiger partial charge in [0.1, 0.15) is 17.3 Å². The molecule has 0 aromatic heterocycles. The molecule has 4 nitrogen and oxygen atoms in total. The SMILES string of the molecule is CCOc1ccc2c(c1)[C@@H]1CC(c3ccccc3)=NN1[C@@H](c1ccccc1F)O2. The van der Waals surface area contributed by atoms with Crippen LogP contribution in [0.4, 0.5) is 4.39 Å². The van der Waals surface area contributed by atoms with Crippen molar-refractivity contribution in [3.8, 4) is 11.5 Å². The van der Waals surface area contributed by atoms with Crippen LogP contribution in [0, 0.1) is 5.82 Å². The average molecular weight is 388 g/mol. The topological polar surface area (TPSA) is 34.1 Å². The molecule has 0 N–H and O–H groups in total. The number of rotatable bonds is 4. The van der Waals surface area contributed by atoms with Gasteiger partial charge in [-0.25, -0.2) is 9.40 Å². The zero-order valence-corrected chi connectivity index (χ0v) is 16.1. The quantitative estimate of drug-likeness (QED) is 0.595. The van der Waals surface area contributed by atoms with Crippen LogP contribution >= 0.6 is 0 Å². The molecule has 5 rings (SSSR count). The number of benzene rings is 3. The molecule has 0 unspecified atom stereocenters. The highest BCUT2D eigenvalue weighted by Crippen LogP contribution is 2.48. The second-order valence-electron chi connectivity index (χ2n) is 7.14. The third kappa shape index (κ3) is 3.12. The van der Waals surface area contributed by atoms with Crippen molar-refractivity contribution in [2.75, 3.05) is 6.61 Å². The minimum atomic E-state index is -0.618. The summed E-state index contributed by atoms with van der Waals surface area (Å²) in [4.78, 5) is 0. The van der Waals surface area contributed by atoms with Crippen LogP contribution in [0.25, 0.3) is 0 Å². The molecule has 2 aliphatic heterocycles. The second-order valence-corrected chi connectivity index (χ2v) is 7.14. The largest absolute Gasteiger partial charge is 0.494 e. The van der Waals surface area contributed by atoms with E-state index in [1.807, 2.05) is 66.5 Å². The number of halogens is 1. The van der Waals surface area contributed by atoms with Gasteiger partial charge < -0.3 is 9.47 Å². The monoisotopic (exact) mass is 388 g/mol. The molecule has 2 heterocycles. The Bertz CT molecular complexity index is 1070. The second kappa shape index (κ2) is 7.24. The molecule has 0 amide bonds. The van der Waals surface area contributed by atoms with Crippen LogP contribution in [0.1, 0.15) is 42.3 Å². The number of fused-ring (bicyclic) bond motifs is 3. The van der Waals surface area contributed by atoms with Crippen LogP contribution in [0.15, 0.2) is 77.9 Å². The lowest BCUT2D eigenvalue weighted by Gasteiger charge is -2.38. The van der Waals surface area contributed by atoms with Crippen LogP contribution < -0.4 is 9.47 Å². The van der Waals surface area contributed by atoms with Gasteiger partial charge in [0.05, 0.1) is 23.9 Å². The Morgan fingerprint density at radius 2 is 1.83 bits per heavy atom. The fraction of sp³-hybridized carbons (Fsp3) is 0.208. The van der Waals surface area contributed by atoms with Crippen molar-refractivity contribution in [1.82, 2.24) is 5.01 Å². The Balaban J connectivity index is 1.61. The van der Waals surface area contributed by atoms with Crippen LogP contribution in [-0.2, 0) is 0 Å². The molecule has 146 valence electrons. The van der Waals surface area contributed by atoms with Gasteiger partial charge in [0.2, 0.25) is 6.23 Å². The van der Waals surface area contributed by atoms with Gasteiger partial charge in [-0.2, -0.15) is 5.10 Å². The van der Waals surface area contributed by atoms with E-state index in [1.54, 1.807) is 12.1 Å². The molecule has 5 heteroatoms. The molecule has 3 aromatic carbocycles. The summed E-state index contributed by atoms with van der Waals surface area (Å²) < 4.78 is 26.6. The van der Waals surface area contributed by atoms with Crippen molar-refractivity contribution in [3.05, 3.63) is 95.3 Å². The highest BCUT2D eigenvalue weighted by atomic mass is 19.1. The Hall–Kier alpha value is -3.34. The first-order chi connectivity index (χ1) is 14.2. The number of ether oxygens (including phenoxy) is 2. The Morgan fingerprint density at radius 1 is 1.03 bits per heavy atom. The summed E-state index contributed by atoms with van der Waals surface area (Å²) in [6.45, 7) is 2.56. The van der Waals surface area contributed by atoms with Crippen molar-refractivity contribution in [2.24, 2.45) is 5.10 Å². The molecule has 2 aliphatic rings. The van der Waals surface area contributed by atoms with Crippen molar-refractivity contribution in [3.63, 3.8) is 0 Å². The molecule has 0 spiro atoms. The minimum Gasteiger partial charge on any atom is -0.494 e. The number of hydrogen-bond donors (Lipinski definition) is 0. The summed E-state index contributed by atoms with van der Waals surface area (Å²) in [5, 5.41) is 6.76. The van der Waals surface area contributed by atoms with Crippen molar-refractivity contribution >= 4 is 5.71 Å². The van der Waals surface area contributed by atoms with Crippen LogP contribution in [-0.4, -0.2) is 17.3 Å². The average Bonchev–Trinajstić information content (AvgIpc) is 3.21. The fourth-order valence-corrected chi connectivity index (χ4v) is 4.01. The van der Waals surface area contributed by atoms with E-state index >= 15 is 0 Å². The number of nitrogens with zero attached hydrogens (tertiary/aromatic N) is 2. The summed E-state index contributed by atoms with van der Waals surface area (Å²) in [5.41, 5.74) is 3.53. The van der Waals surface area contributed by atoms with E-state index in [1.165, 1.54) is 6.07 Å². The smallest absolute Gasteiger partial charge is 0.216 e. The van der Waals surface area contributed by atoms with Crippen LogP contribution in [0.2, 0.25) is 0 Å². The normalized spacial score (nSPS) is 19.8. The third-order valence-electron chi connectivity index (χ3n) is 5.35. The first-order valence-electron chi connectivity index (χ1n) is 9.83. The molecule has 3 aromatic rings. The Kier molecular flexibility index (Phi) is 4.43. The van der Waals surface area contributed by atoms with Gasteiger partial charge in [0, 0.05) is 12.0 Å². The van der Waals surface area contributed by atoms with Crippen molar-refractivity contribution < 1.29 is 13.9 Å². The summed E-state index contributed by atoms with van der Waals surface area (Å²) in [5.74, 6) is 1.24. The van der Waals surface area contributed by atoms with Crippen molar-refractivity contribution in [2.45, 2.75) is 25.6 Å². The molecule has 29 heavy (non-hydrogen) atoms. The molecular formula is C24H21FN2O2. The number of hydrogen-bond acceptors (Lipinski definition) is 4. The van der Waals surface area contributed by atoms with Crippen molar-refractivity contribution in [1.29, 1.82) is 0 Å². The Morgan fingerprint density at radius 3 is 2.62 bits per heavy atom. The van der Waals surface area contributed by atoms with E-state index in [2.05, 4.69) is 0 Å². The standard InChI is InChI=1S/C24H21FN2O2/c1-2-28-17-12-13-23-19(14-17)22-15-21(16-8-4-3-5-9-16)26-27(22)24(29-23)18-10-6-7-11-20(18)25/h3-14,22,24H,2,15H2,1H3/t22-,24+/m0/s1. The lowest BCUT2D eigenvalue weighted by atomic mass is 9.95. The zero-order valence-electron chi connectivity index (χ0n) is 16.1. The molecule has 0 fully saturated rings. The highest BCUT2D eigenvalue weighted by Gasteiger charge is 2.42. The lowest BCUT2D eigenvalue weighted by molar-refractivity contribution is -0.0213. The maximum absolute atomic E-state index is 14.6. The van der Waals surface area contributed by atoms with Gasteiger partial charge in [-0.3, -0.25) is 0 Å². The van der Waals surface area contributed by atoms with Gasteiger partial charge in [-0.1, -0.05) is 48.5 Å².